The number of hydrogen-bond donors (Lipinski definition) is 2. The predicted octanol–water partition coefficient (Wildman–Crippen LogP) is 3.46. The number of anilines is 1. The van der Waals surface area contributed by atoms with E-state index in [4.69, 9.17) is 9.47 Å². The molecule has 2 aromatic rings. The molecule has 0 aromatic heterocycles. The highest BCUT2D eigenvalue weighted by Gasteiger charge is 2.11. The fraction of sp³-hybridized carbons (Fsp3) is 0.458. The molecule has 162 valence electrons. The van der Waals surface area contributed by atoms with E-state index >= 15 is 0 Å². The van der Waals surface area contributed by atoms with Gasteiger partial charge >= 0.3 is 0 Å². The number of amides is 1. The largest absolute Gasteiger partial charge is 0.493 e. The lowest BCUT2D eigenvalue weighted by Crippen LogP contribution is -2.28. The Bertz CT molecular complexity index is 819. The summed E-state index contributed by atoms with van der Waals surface area (Å²) in [6.45, 7) is 6.74. The molecule has 2 aromatic carbocycles. The van der Waals surface area contributed by atoms with E-state index in [0.717, 1.165) is 24.2 Å². The Morgan fingerprint density at radius 3 is 2.67 bits per heavy atom. The van der Waals surface area contributed by atoms with Crippen LogP contribution in [0.3, 0.4) is 0 Å². The highest BCUT2D eigenvalue weighted by molar-refractivity contribution is 5.77. The normalized spacial score (nSPS) is 13.8. The highest BCUT2D eigenvalue weighted by Crippen LogP contribution is 2.28. The maximum absolute atomic E-state index is 11.6. The molecule has 3 rings (SSSR count). The summed E-state index contributed by atoms with van der Waals surface area (Å²) >= 11 is 0. The lowest BCUT2D eigenvalue weighted by molar-refractivity contribution is -0.123. The molecule has 0 spiro atoms. The molecule has 0 radical (unpaired) electrons. The fourth-order valence-electron chi connectivity index (χ4n) is 3.67. The van der Waals surface area contributed by atoms with Gasteiger partial charge in [0.25, 0.3) is 5.91 Å². The van der Waals surface area contributed by atoms with Crippen LogP contribution < -0.4 is 20.1 Å². The quantitative estimate of drug-likeness (QED) is 0.593. The molecule has 1 amide bonds. The smallest absolute Gasteiger partial charge is 0.257 e. The topological polar surface area (TPSA) is 62.8 Å². The van der Waals surface area contributed by atoms with E-state index in [0.29, 0.717) is 24.6 Å². The molecular weight excluding hydrogens is 378 g/mol. The van der Waals surface area contributed by atoms with Gasteiger partial charge in [0, 0.05) is 25.3 Å². The van der Waals surface area contributed by atoms with E-state index < -0.39 is 0 Å². The number of likely N-dealkylation sites (tertiary alicyclic amines) is 1. The van der Waals surface area contributed by atoms with E-state index in [1.165, 1.54) is 31.5 Å². The number of nitrogens with one attached hydrogen (secondary N) is 2. The number of rotatable bonds is 11. The van der Waals surface area contributed by atoms with E-state index in [1.54, 1.807) is 7.11 Å². The van der Waals surface area contributed by atoms with Crippen LogP contribution in [0.2, 0.25) is 0 Å². The zero-order valence-corrected chi connectivity index (χ0v) is 18.1. The summed E-state index contributed by atoms with van der Waals surface area (Å²) < 4.78 is 11.0. The number of carbonyl (C=O) groups excluding carboxylic acids is 1. The molecule has 0 atom stereocenters. The average molecular weight is 412 g/mol. The molecule has 0 saturated carbocycles. The summed E-state index contributed by atoms with van der Waals surface area (Å²) in [7, 11) is 1.61. The molecule has 6 heteroatoms. The number of likely N-dealkylation sites (N-methyl/N-ethyl adjacent to an activating group) is 1. The van der Waals surface area contributed by atoms with Crippen LogP contribution in [0.25, 0.3) is 0 Å². The van der Waals surface area contributed by atoms with Crippen molar-refractivity contribution in [3.8, 4) is 11.5 Å². The third kappa shape index (κ3) is 6.66. The number of ether oxygens (including phenoxy) is 2. The van der Waals surface area contributed by atoms with Crippen LogP contribution >= 0.6 is 0 Å². The van der Waals surface area contributed by atoms with Crippen LogP contribution in [0.4, 0.5) is 5.69 Å². The summed E-state index contributed by atoms with van der Waals surface area (Å²) in [4.78, 5) is 14.1. The van der Waals surface area contributed by atoms with E-state index in [-0.39, 0.29) is 12.5 Å². The van der Waals surface area contributed by atoms with Crippen molar-refractivity contribution in [3.63, 3.8) is 0 Å². The molecule has 2 N–H and O–H groups in total. The molecule has 30 heavy (non-hydrogen) atoms. The van der Waals surface area contributed by atoms with Crippen molar-refractivity contribution >= 4 is 11.6 Å². The van der Waals surface area contributed by atoms with Crippen LogP contribution in [0, 0.1) is 0 Å². The Hall–Kier alpha value is -2.73. The first-order valence-electron chi connectivity index (χ1n) is 10.8. The van der Waals surface area contributed by atoms with Gasteiger partial charge in [-0.05, 0) is 74.7 Å². The number of nitrogens with zero attached hydrogens (tertiary/aromatic N) is 1. The van der Waals surface area contributed by atoms with Crippen molar-refractivity contribution in [1.82, 2.24) is 10.2 Å². The zero-order chi connectivity index (χ0) is 21.2. The van der Waals surface area contributed by atoms with Gasteiger partial charge in [0.2, 0.25) is 0 Å². The minimum absolute atomic E-state index is 0.0218. The summed E-state index contributed by atoms with van der Waals surface area (Å²) in [5, 5.41) is 6.21. The van der Waals surface area contributed by atoms with Gasteiger partial charge in [0.15, 0.2) is 18.1 Å². The molecule has 1 heterocycles. The second-order valence-corrected chi connectivity index (χ2v) is 7.58. The third-order valence-electron chi connectivity index (χ3n) is 5.30. The molecule has 1 aliphatic heterocycles. The van der Waals surface area contributed by atoms with E-state index in [1.807, 2.05) is 25.1 Å². The number of methoxy groups -OCH3 is 1. The van der Waals surface area contributed by atoms with Crippen LogP contribution in [0.15, 0.2) is 42.5 Å². The second-order valence-electron chi connectivity index (χ2n) is 7.58. The first kappa shape index (κ1) is 22.0. The molecule has 1 fully saturated rings. The molecule has 1 saturated heterocycles. The van der Waals surface area contributed by atoms with Crippen molar-refractivity contribution in [2.24, 2.45) is 0 Å². The van der Waals surface area contributed by atoms with Crippen molar-refractivity contribution in [2.45, 2.75) is 32.7 Å². The molecule has 1 aliphatic rings. The SMILES string of the molecule is CCNC(=O)COc1ccc(CNc2cccc(CCN3CCCC3)c2)cc1OC. The van der Waals surface area contributed by atoms with Crippen molar-refractivity contribution in [3.05, 3.63) is 53.6 Å². The summed E-state index contributed by atoms with van der Waals surface area (Å²) in [5.74, 6) is 1.05. The minimum atomic E-state index is -0.144. The van der Waals surface area contributed by atoms with Crippen molar-refractivity contribution in [1.29, 1.82) is 0 Å². The monoisotopic (exact) mass is 411 g/mol. The Labute approximate surface area is 179 Å². The Balaban J connectivity index is 1.53. The van der Waals surface area contributed by atoms with Gasteiger partial charge in [-0.2, -0.15) is 0 Å². The van der Waals surface area contributed by atoms with Gasteiger partial charge in [-0.15, -0.1) is 0 Å². The first-order valence-corrected chi connectivity index (χ1v) is 10.8. The van der Waals surface area contributed by atoms with Gasteiger partial charge in [0.1, 0.15) is 0 Å². The van der Waals surface area contributed by atoms with Gasteiger partial charge in [0.05, 0.1) is 7.11 Å². The van der Waals surface area contributed by atoms with Crippen LogP contribution in [-0.2, 0) is 17.8 Å². The summed E-state index contributed by atoms with van der Waals surface area (Å²) in [6, 6.07) is 14.4. The molecular formula is C24H33N3O3. The van der Waals surface area contributed by atoms with Crippen LogP contribution in [0.1, 0.15) is 30.9 Å². The second kappa shape index (κ2) is 11.5. The number of benzene rings is 2. The summed E-state index contributed by atoms with van der Waals surface area (Å²) in [5.41, 5.74) is 3.56. The maximum atomic E-state index is 11.6. The van der Waals surface area contributed by atoms with E-state index in [2.05, 4.69) is 39.8 Å². The molecule has 0 unspecified atom stereocenters. The van der Waals surface area contributed by atoms with Gasteiger partial charge in [-0.1, -0.05) is 18.2 Å². The zero-order valence-electron chi connectivity index (χ0n) is 18.1. The Morgan fingerprint density at radius 2 is 1.90 bits per heavy atom. The number of hydrogen-bond acceptors (Lipinski definition) is 5. The standard InChI is InChI=1S/C24H33N3O3/c1-3-25-24(28)18-30-22-10-9-20(16-23(22)29-2)17-26-21-8-6-7-19(15-21)11-14-27-12-4-5-13-27/h6-10,15-16,26H,3-5,11-14,17-18H2,1-2H3,(H,25,28). The van der Waals surface area contributed by atoms with Crippen LogP contribution in [-0.4, -0.2) is 50.7 Å². The Morgan fingerprint density at radius 1 is 1.07 bits per heavy atom. The lowest BCUT2D eigenvalue weighted by atomic mass is 10.1. The fourth-order valence-corrected chi connectivity index (χ4v) is 3.67. The maximum Gasteiger partial charge on any atom is 0.257 e. The minimum Gasteiger partial charge on any atom is -0.493 e. The molecule has 6 nitrogen and oxygen atoms in total. The molecule has 0 bridgehead atoms. The first-order chi connectivity index (χ1) is 14.7. The third-order valence-corrected chi connectivity index (χ3v) is 5.30. The average Bonchev–Trinajstić information content (AvgIpc) is 3.29. The Kier molecular flexibility index (Phi) is 8.39. The van der Waals surface area contributed by atoms with Gasteiger partial charge in [-0.25, -0.2) is 0 Å². The van der Waals surface area contributed by atoms with Crippen molar-refractivity contribution in [2.75, 3.05) is 45.2 Å². The van der Waals surface area contributed by atoms with Crippen molar-refractivity contribution < 1.29 is 14.3 Å². The number of carbonyl (C=O) groups is 1. The van der Waals surface area contributed by atoms with Gasteiger partial charge < -0.3 is 25.0 Å². The molecule has 0 aliphatic carbocycles. The van der Waals surface area contributed by atoms with Gasteiger partial charge in [-0.3, -0.25) is 4.79 Å². The lowest BCUT2D eigenvalue weighted by Gasteiger charge is -2.15. The highest BCUT2D eigenvalue weighted by atomic mass is 16.5. The predicted molar refractivity (Wildman–Crippen MR) is 120 cm³/mol. The van der Waals surface area contributed by atoms with Crippen LogP contribution in [0.5, 0.6) is 11.5 Å². The van der Waals surface area contributed by atoms with E-state index in [9.17, 15) is 4.79 Å². The summed E-state index contributed by atoms with van der Waals surface area (Å²) in [6.07, 6.45) is 3.75.